The molecule has 0 radical (unpaired) electrons. The summed E-state index contributed by atoms with van der Waals surface area (Å²) in [6.07, 6.45) is 0.241. The zero-order chi connectivity index (χ0) is 15.2. The summed E-state index contributed by atoms with van der Waals surface area (Å²) in [5, 5.41) is 8.56. The summed E-state index contributed by atoms with van der Waals surface area (Å²) in [7, 11) is -4.77. The largest absolute Gasteiger partial charge is 0.395 e. The van der Waals surface area contributed by atoms with Crippen LogP contribution >= 0.6 is 0 Å². The Morgan fingerprint density at radius 1 is 1.35 bits per heavy atom. The van der Waals surface area contributed by atoms with Crippen LogP contribution in [0.3, 0.4) is 0 Å². The standard InChI is InChI=1S/C12H12F3NO3S/c13-11-5-4-9(3-1-2-6-17)7-10(11)8-16-20(18,19)12(14)15/h4-5,7,12,16-17H,2,6,8H2. The minimum Gasteiger partial charge on any atom is -0.395 e. The molecule has 0 atom stereocenters. The molecule has 0 unspecified atom stereocenters. The van der Waals surface area contributed by atoms with E-state index in [0.717, 1.165) is 6.07 Å². The van der Waals surface area contributed by atoms with Crippen molar-refractivity contribution in [1.29, 1.82) is 0 Å². The molecule has 0 aliphatic carbocycles. The van der Waals surface area contributed by atoms with Gasteiger partial charge in [-0.1, -0.05) is 11.8 Å². The SMILES string of the molecule is O=S(=O)(NCc1cc(C#CCCO)ccc1F)C(F)F. The number of sulfonamides is 1. The van der Waals surface area contributed by atoms with E-state index in [2.05, 4.69) is 11.8 Å². The molecule has 0 fully saturated rings. The van der Waals surface area contributed by atoms with Crippen molar-refractivity contribution in [3.63, 3.8) is 0 Å². The molecule has 0 spiro atoms. The Balaban J connectivity index is 2.86. The molecule has 1 aromatic carbocycles. The summed E-state index contributed by atoms with van der Waals surface area (Å²) in [5.41, 5.74) is 0.302. The van der Waals surface area contributed by atoms with Gasteiger partial charge < -0.3 is 5.11 Å². The second-order valence-corrected chi connectivity index (χ2v) is 5.44. The van der Waals surface area contributed by atoms with E-state index in [0.29, 0.717) is 5.56 Å². The maximum atomic E-state index is 13.4. The van der Waals surface area contributed by atoms with E-state index in [1.807, 2.05) is 0 Å². The molecule has 8 heteroatoms. The Hall–Kier alpha value is -1.56. The van der Waals surface area contributed by atoms with Gasteiger partial charge in [-0.3, -0.25) is 0 Å². The minimum absolute atomic E-state index is 0.0926. The average molecular weight is 307 g/mol. The number of aliphatic hydroxyl groups excluding tert-OH is 1. The number of hydrogen-bond donors (Lipinski definition) is 2. The molecule has 2 N–H and O–H groups in total. The van der Waals surface area contributed by atoms with E-state index in [4.69, 9.17) is 5.11 Å². The predicted octanol–water partition coefficient (Wildman–Crippen LogP) is 1.20. The van der Waals surface area contributed by atoms with Gasteiger partial charge in [0, 0.05) is 24.1 Å². The van der Waals surface area contributed by atoms with Crippen LogP contribution in [0.4, 0.5) is 13.2 Å². The van der Waals surface area contributed by atoms with E-state index < -0.39 is 28.1 Å². The van der Waals surface area contributed by atoms with Gasteiger partial charge >= 0.3 is 5.76 Å². The molecule has 0 amide bonds. The summed E-state index contributed by atoms with van der Waals surface area (Å²) >= 11 is 0. The van der Waals surface area contributed by atoms with Crippen LogP contribution < -0.4 is 4.72 Å². The van der Waals surface area contributed by atoms with Crippen LogP contribution in [0.5, 0.6) is 0 Å². The van der Waals surface area contributed by atoms with Crippen LogP contribution in [-0.2, 0) is 16.6 Å². The van der Waals surface area contributed by atoms with Crippen molar-refractivity contribution < 1.29 is 26.7 Å². The first kappa shape index (κ1) is 16.5. The number of halogens is 3. The molecule has 4 nitrogen and oxygen atoms in total. The van der Waals surface area contributed by atoms with Gasteiger partial charge in [0.2, 0.25) is 0 Å². The Labute approximate surface area is 114 Å². The summed E-state index contributed by atoms with van der Waals surface area (Å²) in [4.78, 5) is 0. The molecular formula is C12H12F3NO3S. The van der Waals surface area contributed by atoms with Crippen molar-refractivity contribution in [3.05, 3.63) is 35.1 Å². The van der Waals surface area contributed by atoms with Gasteiger partial charge in [0.25, 0.3) is 10.0 Å². The molecule has 0 saturated heterocycles. The van der Waals surface area contributed by atoms with E-state index in [1.54, 1.807) is 4.72 Å². The quantitative estimate of drug-likeness (QED) is 0.803. The Kier molecular flexibility index (Phi) is 6.01. The summed E-state index contributed by atoms with van der Waals surface area (Å²) in [6, 6.07) is 3.69. The lowest BCUT2D eigenvalue weighted by molar-refractivity contribution is 0.232. The molecule has 0 saturated carbocycles. The first-order valence-corrected chi connectivity index (χ1v) is 7.06. The summed E-state index contributed by atoms with van der Waals surface area (Å²) in [6.45, 7) is -0.705. The molecule has 0 bridgehead atoms. The first-order valence-electron chi connectivity index (χ1n) is 5.51. The number of nitrogens with one attached hydrogen (secondary N) is 1. The molecule has 0 aliphatic heterocycles. The van der Waals surface area contributed by atoms with Crippen molar-refractivity contribution in [2.24, 2.45) is 0 Å². The van der Waals surface area contributed by atoms with E-state index in [1.165, 1.54) is 12.1 Å². The average Bonchev–Trinajstić information content (AvgIpc) is 2.39. The van der Waals surface area contributed by atoms with Crippen molar-refractivity contribution >= 4 is 10.0 Å². The Bertz CT molecular complexity index is 621. The number of rotatable bonds is 5. The van der Waals surface area contributed by atoms with Crippen LogP contribution in [0.25, 0.3) is 0 Å². The second kappa shape index (κ2) is 7.28. The van der Waals surface area contributed by atoms with Gasteiger partial charge in [0.1, 0.15) is 5.82 Å². The van der Waals surface area contributed by atoms with Gasteiger partial charge in [0.15, 0.2) is 0 Å². The van der Waals surface area contributed by atoms with Crippen molar-refractivity contribution in [2.75, 3.05) is 6.61 Å². The highest BCUT2D eigenvalue weighted by atomic mass is 32.2. The zero-order valence-corrected chi connectivity index (χ0v) is 11.1. The number of aliphatic hydroxyl groups is 1. The monoisotopic (exact) mass is 307 g/mol. The van der Waals surface area contributed by atoms with Crippen LogP contribution in [0.15, 0.2) is 18.2 Å². The van der Waals surface area contributed by atoms with E-state index >= 15 is 0 Å². The third kappa shape index (κ3) is 4.85. The first-order chi connectivity index (χ1) is 9.36. The lowest BCUT2D eigenvalue weighted by Gasteiger charge is -2.07. The van der Waals surface area contributed by atoms with E-state index in [-0.39, 0.29) is 18.6 Å². The molecule has 0 aliphatic rings. The van der Waals surface area contributed by atoms with Crippen LogP contribution in [0.1, 0.15) is 17.5 Å². The number of hydrogen-bond acceptors (Lipinski definition) is 3. The molecule has 1 rings (SSSR count). The number of alkyl halides is 2. The molecule has 0 aromatic heterocycles. The normalized spacial score (nSPS) is 11.2. The fraction of sp³-hybridized carbons (Fsp3) is 0.333. The topological polar surface area (TPSA) is 66.4 Å². The van der Waals surface area contributed by atoms with Crippen LogP contribution in [0, 0.1) is 17.7 Å². The number of benzene rings is 1. The van der Waals surface area contributed by atoms with Crippen molar-refractivity contribution in [2.45, 2.75) is 18.7 Å². The van der Waals surface area contributed by atoms with E-state index in [9.17, 15) is 21.6 Å². The molecule has 20 heavy (non-hydrogen) atoms. The van der Waals surface area contributed by atoms with Crippen molar-refractivity contribution in [3.8, 4) is 11.8 Å². The van der Waals surface area contributed by atoms with Gasteiger partial charge in [-0.25, -0.2) is 17.5 Å². The predicted molar refractivity (Wildman–Crippen MR) is 66.7 cm³/mol. The summed E-state index contributed by atoms with van der Waals surface area (Å²) in [5.74, 6) is 0.940. The summed E-state index contributed by atoms with van der Waals surface area (Å²) < 4.78 is 61.0. The molecular weight excluding hydrogens is 295 g/mol. The molecule has 1 aromatic rings. The van der Waals surface area contributed by atoms with Gasteiger partial charge in [-0.05, 0) is 18.2 Å². The van der Waals surface area contributed by atoms with Gasteiger partial charge in [0.05, 0.1) is 6.61 Å². The van der Waals surface area contributed by atoms with Gasteiger partial charge in [-0.15, -0.1) is 0 Å². The Morgan fingerprint density at radius 3 is 2.65 bits per heavy atom. The smallest absolute Gasteiger partial charge is 0.350 e. The maximum Gasteiger partial charge on any atom is 0.350 e. The fourth-order valence-electron chi connectivity index (χ4n) is 1.25. The third-order valence-corrected chi connectivity index (χ3v) is 3.23. The second-order valence-electron chi connectivity index (χ2n) is 3.71. The highest BCUT2D eigenvalue weighted by molar-refractivity contribution is 7.89. The molecule has 0 heterocycles. The van der Waals surface area contributed by atoms with Crippen molar-refractivity contribution in [1.82, 2.24) is 4.72 Å². The lowest BCUT2D eigenvalue weighted by Crippen LogP contribution is -2.29. The highest BCUT2D eigenvalue weighted by Gasteiger charge is 2.23. The lowest BCUT2D eigenvalue weighted by atomic mass is 10.1. The third-order valence-electron chi connectivity index (χ3n) is 2.21. The van der Waals surface area contributed by atoms with Crippen LogP contribution in [0.2, 0.25) is 0 Å². The van der Waals surface area contributed by atoms with Crippen LogP contribution in [-0.4, -0.2) is 25.9 Å². The Morgan fingerprint density at radius 2 is 2.05 bits per heavy atom. The zero-order valence-electron chi connectivity index (χ0n) is 10.2. The highest BCUT2D eigenvalue weighted by Crippen LogP contribution is 2.11. The van der Waals surface area contributed by atoms with Gasteiger partial charge in [-0.2, -0.15) is 8.78 Å². The maximum absolute atomic E-state index is 13.4. The fourth-order valence-corrected chi connectivity index (χ4v) is 1.73. The molecule has 110 valence electrons. The minimum atomic E-state index is -4.77.